The number of carbonyl (C=O) groups excluding carboxylic acids is 1. The van der Waals surface area contributed by atoms with Crippen molar-refractivity contribution in [2.45, 2.75) is 19.4 Å². The van der Waals surface area contributed by atoms with Crippen molar-refractivity contribution in [1.82, 2.24) is 9.97 Å². The number of hydrogen-bond acceptors (Lipinski definition) is 7. The van der Waals surface area contributed by atoms with Crippen LogP contribution in [0.1, 0.15) is 18.9 Å². The molecule has 0 amide bonds. The van der Waals surface area contributed by atoms with E-state index in [-0.39, 0.29) is 11.1 Å². The Hall–Kier alpha value is -3.49. The number of aromatic nitrogens is 2. The Morgan fingerprint density at radius 3 is 2.97 bits per heavy atom. The first-order valence-corrected chi connectivity index (χ1v) is 11.3. The lowest BCUT2D eigenvalue weighted by molar-refractivity contribution is -0.137. The highest BCUT2D eigenvalue weighted by Crippen LogP contribution is 2.30. The number of anilines is 3. The zero-order valence-electron chi connectivity index (χ0n) is 18.6. The summed E-state index contributed by atoms with van der Waals surface area (Å²) in [5.74, 6) is 0.0824. The molecule has 9 heteroatoms. The molecule has 176 valence electrons. The molecule has 34 heavy (non-hydrogen) atoms. The molecule has 1 unspecified atom stereocenters. The van der Waals surface area contributed by atoms with Gasteiger partial charge in [0.15, 0.2) is 0 Å². The Kier molecular flexibility index (Phi) is 7.72. The normalized spacial score (nSPS) is 15.4. The highest BCUT2D eigenvalue weighted by atomic mass is 35.5. The summed E-state index contributed by atoms with van der Waals surface area (Å²) in [5, 5.41) is 6.52. The van der Waals surface area contributed by atoms with Crippen LogP contribution in [-0.4, -0.2) is 41.8 Å². The number of nitrogens with zero attached hydrogens (tertiary/aromatic N) is 2. The molecule has 0 radical (unpaired) electrons. The molecule has 1 aromatic heterocycles. The van der Waals surface area contributed by atoms with Gasteiger partial charge in [-0.05, 0) is 54.8 Å². The van der Waals surface area contributed by atoms with E-state index in [4.69, 9.17) is 21.1 Å². The number of ether oxygens (including phenoxy) is 2. The van der Waals surface area contributed by atoms with Crippen LogP contribution in [0.2, 0.25) is 5.02 Å². The Morgan fingerprint density at radius 1 is 1.32 bits per heavy atom. The van der Waals surface area contributed by atoms with Gasteiger partial charge in [0.2, 0.25) is 5.95 Å². The van der Waals surface area contributed by atoms with Gasteiger partial charge < -0.3 is 20.1 Å². The molecule has 1 saturated heterocycles. The second-order valence-electron chi connectivity index (χ2n) is 7.63. The van der Waals surface area contributed by atoms with Crippen LogP contribution in [0, 0.1) is 5.82 Å². The predicted molar refractivity (Wildman–Crippen MR) is 131 cm³/mol. The van der Waals surface area contributed by atoms with Crippen molar-refractivity contribution in [3.05, 3.63) is 71.1 Å². The fraction of sp³-hybridized carbons (Fsp3) is 0.240. The predicted octanol–water partition coefficient (Wildman–Crippen LogP) is 5.46. The highest BCUT2D eigenvalue weighted by molar-refractivity contribution is 6.31. The third-order valence-corrected chi connectivity index (χ3v) is 5.42. The van der Waals surface area contributed by atoms with Crippen molar-refractivity contribution in [2.24, 2.45) is 0 Å². The van der Waals surface area contributed by atoms with Crippen molar-refractivity contribution in [2.75, 3.05) is 30.5 Å². The molecule has 4 rings (SSSR count). The summed E-state index contributed by atoms with van der Waals surface area (Å²) in [7, 11) is 0. The number of hydrogen-bond donors (Lipinski definition) is 2. The van der Waals surface area contributed by atoms with Crippen LogP contribution in [0.4, 0.5) is 21.8 Å². The first-order chi connectivity index (χ1) is 16.5. The van der Waals surface area contributed by atoms with Crippen LogP contribution >= 0.6 is 11.6 Å². The second kappa shape index (κ2) is 11.1. The molecule has 1 aliphatic rings. The van der Waals surface area contributed by atoms with Gasteiger partial charge in [0.25, 0.3) is 0 Å². The molecular formula is C25H24ClFN4O3. The standard InChI is InChI=1S/C25H24ClFN4O3/c1-2-34-23(32)9-6-16-4-3-5-17(12-16)20-14-28-25(30-18-7-8-22(27)21(26)13-18)31-24(20)29-19-10-11-33-15-19/h3-9,12-14,19H,2,10-11,15H2,1H3,(H2,28,29,30,31)/b9-6+. The van der Waals surface area contributed by atoms with Crippen molar-refractivity contribution in [3.8, 4) is 11.1 Å². The number of esters is 1. The van der Waals surface area contributed by atoms with Crippen LogP contribution in [0.3, 0.4) is 0 Å². The van der Waals surface area contributed by atoms with Gasteiger partial charge in [0.1, 0.15) is 11.6 Å². The van der Waals surface area contributed by atoms with Crippen LogP contribution in [0.5, 0.6) is 0 Å². The molecule has 2 aromatic carbocycles. The third-order valence-electron chi connectivity index (χ3n) is 5.13. The quantitative estimate of drug-likeness (QED) is 0.326. The van der Waals surface area contributed by atoms with Crippen molar-refractivity contribution < 1.29 is 18.7 Å². The summed E-state index contributed by atoms with van der Waals surface area (Å²) in [6.07, 6.45) is 5.68. The zero-order valence-corrected chi connectivity index (χ0v) is 19.3. The maximum atomic E-state index is 13.5. The van der Waals surface area contributed by atoms with E-state index >= 15 is 0 Å². The maximum absolute atomic E-state index is 13.5. The number of benzene rings is 2. The Balaban J connectivity index is 1.63. The number of carbonyl (C=O) groups is 1. The third kappa shape index (κ3) is 6.09. The first-order valence-electron chi connectivity index (χ1n) is 10.9. The molecule has 0 bridgehead atoms. The molecular weight excluding hydrogens is 459 g/mol. The topological polar surface area (TPSA) is 85.4 Å². The van der Waals surface area contributed by atoms with Gasteiger partial charge in [0, 0.05) is 30.1 Å². The Labute approximate surface area is 202 Å². The maximum Gasteiger partial charge on any atom is 0.330 e. The van der Waals surface area contributed by atoms with Crippen LogP contribution < -0.4 is 10.6 Å². The van der Waals surface area contributed by atoms with Crippen molar-refractivity contribution >= 4 is 41.1 Å². The van der Waals surface area contributed by atoms with Crippen molar-refractivity contribution in [1.29, 1.82) is 0 Å². The van der Waals surface area contributed by atoms with E-state index < -0.39 is 11.8 Å². The van der Waals surface area contributed by atoms with Gasteiger partial charge in [0.05, 0.1) is 24.3 Å². The van der Waals surface area contributed by atoms with Crippen molar-refractivity contribution in [3.63, 3.8) is 0 Å². The fourth-order valence-corrected chi connectivity index (χ4v) is 3.65. The molecule has 3 aromatic rings. The molecule has 1 aliphatic heterocycles. The number of halogens is 2. The Morgan fingerprint density at radius 2 is 2.21 bits per heavy atom. The van der Waals surface area contributed by atoms with Gasteiger partial charge in [-0.3, -0.25) is 0 Å². The first kappa shape index (κ1) is 23.7. The monoisotopic (exact) mass is 482 g/mol. The van der Waals surface area contributed by atoms with E-state index in [1.807, 2.05) is 24.3 Å². The SMILES string of the molecule is CCOC(=O)/C=C/c1cccc(-c2cnc(Nc3ccc(F)c(Cl)c3)nc2NC2CCOC2)c1. The van der Waals surface area contributed by atoms with E-state index in [1.54, 1.807) is 25.3 Å². The highest BCUT2D eigenvalue weighted by Gasteiger charge is 2.19. The minimum atomic E-state index is -0.496. The molecule has 0 saturated carbocycles. The zero-order chi connectivity index (χ0) is 23.9. The summed E-state index contributed by atoms with van der Waals surface area (Å²) in [4.78, 5) is 20.8. The summed E-state index contributed by atoms with van der Waals surface area (Å²) in [6, 6.07) is 12.1. The number of nitrogens with one attached hydrogen (secondary N) is 2. The lowest BCUT2D eigenvalue weighted by Gasteiger charge is -2.17. The van der Waals surface area contributed by atoms with Gasteiger partial charge in [-0.25, -0.2) is 14.2 Å². The lowest BCUT2D eigenvalue weighted by Crippen LogP contribution is -2.20. The molecule has 7 nitrogen and oxygen atoms in total. The second-order valence-corrected chi connectivity index (χ2v) is 8.03. The average Bonchev–Trinajstić information content (AvgIpc) is 3.34. The largest absolute Gasteiger partial charge is 0.463 e. The van der Waals surface area contributed by atoms with Gasteiger partial charge in [-0.1, -0.05) is 29.8 Å². The minimum Gasteiger partial charge on any atom is -0.463 e. The molecule has 0 spiro atoms. The van der Waals surface area contributed by atoms with E-state index in [2.05, 4.69) is 20.6 Å². The van der Waals surface area contributed by atoms with E-state index in [0.717, 1.165) is 23.1 Å². The summed E-state index contributed by atoms with van der Waals surface area (Å²) in [6.45, 7) is 3.36. The van der Waals surface area contributed by atoms with E-state index in [0.29, 0.717) is 37.3 Å². The summed E-state index contributed by atoms with van der Waals surface area (Å²) >= 11 is 5.89. The number of rotatable bonds is 8. The minimum absolute atomic E-state index is 0.00996. The van der Waals surface area contributed by atoms with Crippen LogP contribution in [0.25, 0.3) is 17.2 Å². The molecule has 2 heterocycles. The summed E-state index contributed by atoms with van der Waals surface area (Å²) in [5.41, 5.74) is 3.08. The Bertz CT molecular complexity index is 1200. The van der Waals surface area contributed by atoms with E-state index in [9.17, 15) is 9.18 Å². The van der Waals surface area contributed by atoms with Gasteiger partial charge >= 0.3 is 5.97 Å². The van der Waals surface area contributed by atoms with Gasteiger partial charge in [-0.2, -0.15) is 4.98 Å². The van der Waals surface area contributed by atoms with Crippen LogP contribution in [0.15, 0.2) is 54.7 Å². The molecule has 1 atom stereocenters. The fourth-order valence-electron chi connectivity index (χ4n) is 3.47. The average molecular weight is 483 g/mol. The van der Waals surface area contributed by atoms with Gasteiger partial charge in [-0.15, -0.1) is 0 Å². The molecule has 0 aliphatic carbocycles. The van der Waals surface area contributed by atoms with Crippen LogP contribution in [-0.2, 0) is 14.3 Å². The molecule has 2 N–H and O–H groups in total. The summed E-state index contributed by atoms with van der Waals surface area (Å²) < 4.78 is 23.9. The lowest BCUT2D eigenvalue weighted by atomic mass is 10.0. The van der Waals surface area contributed by atoms with E-state index in [1.165, 1.54) is 18.2 Å². The smallest absolute Gasteiger partial charge is 0.330 e. The molecule has 1 fully saturated rings.